The summed E-state index contributed by atoms with van der Waals surface area (Å²) in [5, 5.41) is 12.2. The van der Waals surface area contributed by atoms with Crippen molar-refractivity contribution >= 4 is 45.7 Å². The number of fused-ring (bicyclic) bond motifs is 1. The van der Waals surface area contributed by atoms with Crippen LogP contribution in [0, 0.1) is 0 Å². The number of aliphatic imine (C=N–C) groups is 1. The van der Waals surface area contributed by atoms with Crippen LogP contribution in [0.1, 0.15) is 85.7 Å². The van der Waals surface area contributed by atoms with Gasteiger partial charge in [-0.2, -0.15) is 0 Å². The Morgan fingerprint density at radius 2 is 1.63 bits per heavy atom. The molecule has 1 saturated heterocycles. The first-order valence-corrected chi connectivity index (χ1v) is 15.7. The normalized spacial score (nSPS) is 20.8. The number of carboxylic acid groups (broad SMARTS) is 1. The zero-order valence-corrected chi connectivity index (χ0v) is 24.1. The van der Waals surface area contributed by atoms with Gasteiger partial charge in [-0.15, -0.1) is 0 Å². The van der Waals surface area contributed by atoms with Crippen LogP contribution in [-0.4, -0.2) is 39.1 Å². The minimum atomic E-state index is -0.951. The van der Waals surface area contributed by atoms with Gasteiger partial charge in [-0.3, -0.25) is 14.7 Å². The van der Waals surface area contributed by atoms with E-state index in [-0.39, 0.29) is 24.1 Å². The number of nitrogens with zero attached hydrogens (tertiary/aromatic N) is 2. The third kappa shape index (κ3) is 6.20. The maximum atomic E-state index is 14.0. The highest BCUT2D eigenvalue weighted by Gasteiger charge is 2.39. The molecule has 41 heavy (non-hydrogen) atoms. The molecule has 212 valence electrons. The summed E-state index contributed by atoms with van der Waals surface area (Å²) in [5.74, 6) is -0.207. The summed E-state index contributed by atoms with van der Waals surface area (Å²) in [6, 6.07) is 19.4. The number of hydrogen-bond acceptors (Lipinski definition) is 5. The van der Waals surface area contributed by atoms with Crippen LogP contribution in [0.4, 0.5) is 0 Å². The van der Waals surface area contributed by atoms with Crippen molar-refractivity contribution in [1.82, 2.24) is 4.90 Å². The molecule has 6 rings (SSSR count). The molecule has 2 saturated carbocycles. The molecule has 0 radical (unpaired) electrons. The molecule has 0 unspecified atom stereocenters. The first-order valence-electron chi connectivity index (χ1n) is 14.8. The van der Waals surface area contributed by atoms with Crippen LogP contribution in [0.3, 0.4) is 0 Å². The number of carbonyl (C=O) groups excluding carboxylic acids is 1. The quantitative estimate of drug-likeness (QED) is 0.292. The highest BCUT2D eigenvalue weighted by atomic mass is 32.2. The number of carboxylic acids is 1. The summed E-state index contributed by atoms with van der Waals surface area (Å²) in [6.07, 6.45) is 13.5. The SMILES string of the molecule is O=C(O)c1ccc(COc2ccc3ccccc3c2C=C2SC(=NC3CCCCC3)N(C3CCCCC3)C2=O)cc1. The second-order valence-electron chi connectivity index (χ2n) is 11.3. The van der Waals surface area contributed by atoms with E-state index in [4.69, 9.17) is 9.73 Å². The molecular formula is C34H36N2O4S. The van der Waals surface area contributed by atoms with E-state index in [1.807, 2.05) is 35.2 Å². The molecule has 1 aliphatic heterocycles. The van der Waals surface area contributed by atoms with Gasteiger partial charge >= 0.3 is 5.97 Å². The summed E-state index contributed by atoms with van der Waals surface area (Å²) in [4.78, 5) is 33.2. The van der Waals surface area contributed by atoms with Gasteiger partial charge in [0.2, 0.25) is 0 Å². The Hall–Kier alpha value is -3.58. The van der Waals surface area contributed by atoms with Gasteiger partial charge in [0.25, 0.3) is 5.91 Å². The molecule has 3 aliphatic rings. The standard InChI is InChI=1S/C34H36N2O4S/c37-32-31(41-34(35-26-10-3-1-4-11-26)36(32)27-12-5-2-6-13-27)21-29-28-14-8-7-9-24(28)19-20-30(29)40-22-23-15-17-25(18-16-23)33(38)39/h7-9,14-21,26-27H,1-6,10-13,22H2,(H,38,39). The number of amides is 1. The monoisotopic (exact) mass is 568 g/mol. The lowest BCUT2D eigenvalue weighted by Crippen LogP contribution is -2.41. The van der Waals surface area contributed by atoms with Crippen molar-refractivity contribution in [3.05, 3.63) is 82.3 Å². The molecule has 6 nitrogen and oxygen atoms in total. The Balaban J connectivity index is 1.34. The third-order valence-electron chi connectivity index (χ3n) is 8.45. The number of rotatable bonds is 7. The second-order valence-corrected chi connectivity index (χ2v) is 12.3. The zero-order valence-electron chi connectivity index (χ0n) is 23.3. The molecular weight excluding hydrogens is 532 g/mol. The summed E-state index contributed by atoms with van der Waals surface area (Å²) < 4.78 is 6.31. The Morgan fingerprint density at radius 1 is 0.927 bits per heavy atom. The molecule has 1 heterocycles. The number of hydrogen-bond donors (Lipinski definition) is 1. The highest BCUT2D eigenvalue weighted by Crippen LogP contribution is 2.40. The minimum Gasteiger partial charge on any atom is -0.488 e. The molecule has 0 spiro atoms. The highest BCUT2D eigenvalue weighted by molar-refractivity contribution is 8.18. The van der Waals surface area contributed by atoms with Crippen LogP contribution in [0.5, 0.6) is 5.75 Å². The number of ether oxygens (including phenoxy) is 1. The maximum Gasteiger partial charge on any atom is 0.335 e. The van der Waals surface area contributed by atoms with Crippen molar-refractivity contribution < 1.29 is 19.4 Å². The number of carbonyl (C=O) groups is 2. The van der Waals surface area contributed by atoms with Crippen molar-refractivity contribution in [2.24, 2.45) is 4.99 Å². The Morgan fingerprint density at radius 3 is 2.37 bits per heavy atom. The average molecular weight is 569 g/mol. The van der Waals surface area contributed by atoms with Crippen LogP contribution in [0.2, 0.25) is 0 Å². The third-order valence-corrected chi connectivity index (χ3v) is 9.44. The van der Waals surface area contributed by atoms with E-state index in [2.05, 4.69) is 12.1 Å². The van der Waals surface area contributed by atoms with Gasteiger partial charge in [-0.05, 0) is 78.1 Å². The van der Waals surface area contributed by atoms with Crippen molar-refractivity contribution in [2.75, 3.05) is 0 Å². The van der Waals surface area contributed by atoms with Crippen molar-refractivity contribution in [1.29, 1.82) is 0 Å². The van der Waals surface area contributed by atoms with Crippen molar-refractivity contribution in [2.45, 2.75) is 82.9 Å². The predicted molar refractivity (Wildman–Crippen MR) is 165 cm³/mol. The second kappa shape index (κ2) is 12.5. The van der Waals surface area contributed by atoms with Crippen LogP contribution in [0.25, 0.3) is 16.8 Å². The molecule has 0 bridgehead atoms. The van der Waals surface area contributed by atoms with Crippen LogP contribution in [0.15, 0.2) is 70.6 Å². The molecule has 1 amide bonds. The number of aromatic carboxylic acids is 1. The van der Waals surface area contributed by atoms with Crippen LogP contribution in [-0.2, 0) is 11.4 Å². The van der Waals surface area contributed by atoms with E-state index in [1.165, 1.54) is 37.4 Å². The smallest absolute Gasteiger partial charge is 0.335 e. The van der Waals surface area contributed by atoms with Gasteiger partial charge in [0.1, 0.15) is 12.4 Å². The van der Waals surface area contributed by atoms with Crippen LogP contribution >= 0.6 is 11.8 Å². The first kappa shape index (κ1) is 27.6. The van der Waals surface area contributed by atoms with E-state index >= 15 is 0 Å². The fourth-order valence-electron chi connectivity index (χ4n) is 6.19. The van der Waals surface area contributed by atoms with E-state index < -0.39 is 5.97 Å². The molecule has 3 aromatic rings. The molecule has 3 fully saturated rings. The zero-order chi connectivity index (χ0) is 28.2. The van der Waals surface area contributed by atoms with E-state index in [0.29, 0.717) is 16.7 Å². The van der Waals surface area contributed by atoms with Gasteiger partial charge in [0.15, 0.2) is 5.17 Å². The molecule has 0 aromatic heterocycles. The van der Waals surface area contributed by atoms with Gasteiger partial charge in [-0.25, -0.2) is 4.79 Å². The summed E-state index contributed by atoms with van der Waals surface area (Å²) >= 11 is 1.52. The van der Waals surface area contributed by atoms with Crippen LogP contribution < -0.4 is 4.74 Å². The number of thioether (sulfide) groups is 1. The largest absolute Gasteiger partial charge is 0.488 e. The molecule has 3 aromatic carbocycles. The summed E-state index contributed by atoms with van der Waals surface area (Å²) in [5.41, 5.74) is 2.00. The Labute approximate surface area is 245 Å². The lowest BCUT2D eigenvalue weighted by molar-refractivity contribution is -0.124. The molecule has 7 heteroatoms. The predicted octanol–water partition coefficient (Wildman–Crippen LogP) is 8.05. The average Bonchev–Trinajstić information content (AvgIpc) is 3.31. The first-order chi connectivity index (χ1) is 20.1. The Kier molecular flexibility index (Phi) is 8.42. The molecule has 1 N–H and O–H groups in total. The minimum absolute atomic E-state index is 0.0552. The number of benzene rings is 3. The van der Waals surface area contributed by atoms with Crippen molar-refractivity contribution in [3.63, 3.8) is 0 Å². The fraction of sp³-hybridized carbons (Fsp3) is 0.382. The Bertz CT molecular complexity index is 1480. The van der Waals surface area contributed by atoms with Gasteiger partial charge < -0.3 is 9.84 Å². The lowest BCUT2D eigenvalue weighted by atomic mass is 9.94. The van der Waals surface area contributed by atoms with E-state index in [1.54, 1.807) is 24.3 Å². The fourth-order valence-corrected chi connectivity index (χ4v) is 7.28. The maximum absolute atomic E-state index is 14.0. The van der Waals surface area contributed by atoms with Crippen molar-refractivity contribution in [3.8, 4) is 5.75 Å². The van der Waals surface area contributed by atoms with E-state index in [0.717, 1.165) is 65.6 Å². The molecule has 2 aliphatic carbocycles. The topological polar surface area (TPSA) is 79.2 Å². The lowest BCUT2D eigenvalue weighted by Gasteiger charge is -2.31. The number of amidine groups is 1. The van der Waals surface area contributed by atoms with Gasteiger partial charge in [0.05, 0.1) is 16.5 Å². The summed E-state index contributed by atoms with van der Waals surface area (Å²) in [6.45, 7) is 0.290. The summed E-state index contributed by atoms with van der Waals surface area (Å²) in [7, 11) is 0. The van der Waals surface area contributed by atoms with E-state index in [9.17, 15) is 14.7 Å². The molecule has 0 atom stereocenters. The van der Waals surface area contributed by atoms with Gasteiger partial charge in [0, 0.05) is 11.6 Å². The van der Waals surface area contributed by atoms with Gasteiger partial charge in [-0.1, -0.05) is 81.0 Å².